The second kappa shape index (κ2) is 5.44. The van der Waals surface area contributed by atoms with Gasteiger partial charge in [0.25, 0.3) is 0 Å². The second-order valence-electron chi connectivity index (χ2n) is 5.10. The Morgan fingerprint density at radius 1 is 0.952 bits per heavy atom. The Bertz CT molecular complexity index is 768. The lowest BCUT2D eigenvalue weighted by Gasteiger charge is -2.18. The molecule has 2 nitrogen and oxygen atoms in total. The SMILES string of the molecule is CC(Nc1ccc(F)cc1)c1ccc2ccccc2c1O. The summed E-state index contributed by atoms with van der Waals surface area (Å²) in [5, 5.41) is 15.5. The highest BCUT2D eigenvalue weighted by Crippen LogP contribution is 2.33. The van der Waals surface area contributed by atoms with Crippen LogP contribution in [-0.4, -0.2) is 5.11 Å². The van der Waals surface area contributed by atoms with E-state index in [1.54, 1.807) is 12.1 Å². The van der Waals surface area contributed by atoms with E-state index < -0.39 is 0 Å². The van der Waals surface area contributed by atoms with Gasteiger partial charge in [-0.15, -0.1) is 0 Å². The lowest BCUT2D eigenvalue weighted by Crippen LogP contribution is -2.06. The van der Waals surface area contributed by atoms with E-state index in [1.807, 2.05) is 43.3 Å². The van der Waals surface area contributed by atoms with Crippen LogP contribution in [0.15, 0.2) is 60.7 Å². The summed E-state index contributed by atoms with van der Waals surface area (Å²) < 4.78 is 12.9. The molecule has 0 radical (unpaired) electrons. The largest absolute Gasteiger partial charge is 0.507 e. The minimum absolute atomic E-state index is 0.0833. The maximum absolute atomic E-state index is 12.9. The fourth-order valence-electron chi connectivity index (χ4n) is 2.50. The van der Waals surface area contributed by atoms with Crippen molar-refractivity contribution in [1.82, 2.24) is 0 Å². The van der Waals surface area contributed by atoms with Crippen molar-refractivity contribution < 1.29 is 9.50 Å². The quantitative estimate of drug-likeness (QED) is 0.718. The first-order valence-corrected chi connectivity index (χ1v) is 6.88. The van der Waals surface area contributed by atoms with Crippen molar-refractivity contribution in [2.24, 2.45) is 0 Å². The van der Waals surface area contributed by atoms with Crippen LogP contribution in [-0.2, 0) is 0 Å². The first-order valence-electron chi connectivity index (χ1n) is 6.88. The van der Waals surface area contributed by atoms with E-state index in [9.17, 15) is 9.50 Å². The van der Waals surface area contributed by atoms with Crippen LogP contribution in [0.4, 0.5) is 10.1 Å². The maximum Gasteiger partial charge on any atom is 0.128 e. The van der Waals surface area contributed by atoms with Crippen LogP contribution >= 0.6 is 0 Å². The summed E-state index contributed by atoms with van der Waals surface area (Å²) in [6.45, 7) is 1.97. The molecule has 1 unspecified atom stereocenters. The smallest absolute Gasteiger partial charge is 0.128 e. The fourth-order valence-corrected chi connectivity index (χ4v) is 2.50. The molecule has 3 heteroatoms. The minimum Gasteiger partial charge on any atom is -0.507 e. The molecule has 3 aromatic rings. The average molecular weight is 281 g/mol. The number of anilines is 1. The molecule has 0 aliphatic rings. The summed E-state index contributed by atoms with van der Waals surface area (Å²) >= 11 is 0. The molecular formula is C18H16FNO. The van der Waals surface area contributed by atoms with E-state index in [-0.39, 0.29) is 17.6 Å². The number of phenols is 1. The molecule has 0 aromatic heterocycles. The van der Waals surface area contributed by atoms with E-state index >= 15 is 0 Å². The molecule has 0 amide bonds. The Morgan fingerprint density at radius 3 is 2.43 bits per heavy atom. The molecule has 3 aromatic carbocycles. The van der Waals surface area contributed by atoms with Gasteiger partial charge < -0.3 is 10.4 Å². The van der Waals surface area contributed by atoms with E-state index in [2.05, 4.69) is 5.32 Å². The van der Waals surface area contributed by atoms with Crippen molar-refractivity contribution >= 4 is 16.5 Å². The van der Waals surface area contributed by atoms with Gasteiger partial charge in [-0.1, -0.05) is 36.4 Å². The molecule has 0 spiro atoms. The lowest BCUT2D eigenvalue weighted by atomic mass is 10.0. The number of halogens is 1. The molecule has 0 bridgehead atoms. The number of aromatic hydroxyl groups is 1. The van der Waals surface area contributed by atoms with Crippen molar-refractivity contribution in [3.63, 3.8) is 0 Å². The topological polar surface area (TPSA) is 32.3 Å². The molecule has 0 fully saturated rings. The van der Waals surface area contributed by atoms with Crippen LogP contribution in [0.3, 0.4) is 0 Å². The zero-order chi connectivity index (χ0) is 14.8. The first-order chi connectivity index (χ1) is 10.1. The molecule has 0 aliphatic heterocycles. The highest BCUT2D eigenvalue weighted by Gasteiger charge is 2.12. The highest BCUT2D eigenvalue weighted by atomic mass is 19.1. The number of phenolic OH excluding ortho intramolecular Hbond substituents is 1. The van der Waals surface area contributed by atoms with Gasteiger partial charge in [0.2, 0.25) is 0 Å². The number of fused-ring (bicyclic) bond motifs is 1. The van der Waals surface area contributed by atoms with Gasteiger partial charge in [-0.3, -0.25) is 0 Å². The molecule has 21 heavy (non-hydrogen) atoms. The van der Waals surface area contributed by atoms with Gasteiger partial charge in [0, 0.05) is 16.6 Å². The molecule has 1 atom stereocenters. The van der Waals surface area contributed by atoms with Crippen molar-refractivity contribution in [2.75, 3.05) is 5.32 Å². The van der Waals surface area contributed by atoms with Crippen molar-refractivity contribution in [3.8, 4) is 5.75 Å². The third-order valence-electron chi connectivity index (χ3n) is 3.63. The van der Waals surface area contributed by atoms with Crippen LogP contribution in [0.25, 0.3) is 10.8 Å². The zero-order valence-corrected chi connectivity index (χ0v) is 11.7. The standard InChI is InChI=1S/C18H16FNO/c1-12(20-15-9-7-14(19)8-10-15)16-11-6-13-4-2-3-5-17(13)18(16)21/h2-12,20-21H,1H3. The van der Waals surface area contributed by atoms with Crippen LogP contribution in [0.2, 0.25) is 0 Å². The Hall–Kier alpha value is -2.55. The van der Waals surface area contributed by atoms with Crippen LogP contribution in [0.1, 0.15) is 18.5 Å². The Kier molecular flexibility index (Phi) is 3.48. The first kappa shape index (κ1) is 13.4. The summed E-state index contributed by atoms with van der Waals surface area (Å²) in [7, 11) is 0. The predicted octanol–water partition coefficient (Wildman–Crippen LogP) is 4.86. The van der Waals surface area contributed by atoms with Crippen molar-refractivity contribution in [3.05, 3.63) is 72.0 Å². The van der Waals surface area contributed by atoms with Gasteiger partial charge in [-0.2, -0.15) is 0 Å². The van der Waals surface area contributed by atoms with Crippen LogP contribution in [0, 0.1) is 5.82 Å². The maximum atomic E-state index is 12.9. The minimum atomic E-state index is -0.262. The summed E-state index contributed by atoms with van der Waals surface area (Å²) in [6.07, 6.45) is 0. The number of hydrogen-bond acceptors (Lipinski definition) is 2. The molecule has 2 N–H and O–H groups in total. The van der Waals surface area contributed by atoms with Crippen molar-refractivity contribution in [1.29, 1.82) is 0 Å². The highest BCUT2D eigenvalue weighted by molar-refractivity contribution is 5.89. The molecule has 0 saturated heterocycles. The van der Waals surface area contributed by atoms with E-state index in [1.165, 1.54) is 12.1 Å². The second-order valence-corrected chi connectivity index (χ2v) is 5.10. The summed E-state index contributed by atoms with van der Waals surface area (Å²) in [6, 6.07) is 17.7. The van der Waals surface area contributed by atoms with E-state index in [0.29, 0.717) is 0 Å². The number of nitrogens with one attached hydrogen (secondary N) is 1. The molecule has 0 heterocycles. The third-order valence-corrected chi connectivity index (χ3v) is 3.63. The molecule has 0 aliphatic carbocycles. The predicted molar refractivity (Wildman–Crippen MR) is 84.1 cm³/mol. The van der Waals surface area contributed by atoms with E-state index in [0.717, 1.165) is 22.0 Å². The number of benzene rings is 3. The molecule has 3 rings (SSSR count). The Morgan fingerprint density at radius 2 is 1.67 bits per heavy atom. The molecule has 106 valence electrons. The number of rotatable bonds is 3. The Labute approximate surface area is 122 Å². The third kappa shape index (κ3) is 2.68. The summed E-state index contributed by atoms with van der Waals surface area (Å²) in [5.41, 5.74) is 1.63. The lowest BCUT2D eigenvalue weighted by molar-refractivity contribution is 0.472. The summed E-state index contributed by atoms with van der Waals surface area (Å²) in [4.78, 5) is 0. The van der Waals surface area contributed by atoms with Crippen LogP contribution < -0.4 is 5.32 Å². The van der Waals surface area contributed by atoms with Crippen molar-refractivity contribution in [2.45, 2.75) is 13.0 Å². The average Bonchev–Trinajstić information content (AvgIpc) is 2.50. The van der Waals surface area contributed by atoms with Gasteiger partial charge in [-0.05, 0) is 36.6 Å². The number of hydrogen-bond donors (Lipinski definition) is 2. The van der Waals surface area contributed by atoms with Gasteiger partial charge in [-0.25, -0.2) is 4.39 Å². The summed E-state index contributed by atoms with van der Waals surface area (Å²) in [5.74, 6) is 0.0250. The van der Waals surface area contributed by atoms with Gasteiger partial charge >= 0.3 is 0 Å². The normalized spacial score (nSPS) is 12.3. The van der Waals surface area contributed by atoms with Crippen LogP contribution in [0.5, 0.6) is 5.75 Å². The molecular weight excluding hydrogens is 265 g/mol. The van der Waals surface area contributed by atoms with Gasteiger partial charge in [0.1, 0.15) is 11.6 Å². The monoisotopic (exact) mass is 281 g/mol. The fraction of sp³-hybridized carbons (Fsp3) is 0.111. The zero-order valence-electron chi connectivity index (χ0n) is 11.7. The molecule has 0 saturated carbocycles. The van der Waals surface area contributed by atoms with Gasteiger partial charge in [0.05, 0.1) is 6.04 Å². The Balaban J connectivity index is 1.92. The van der Waals surface area contributed by atoms with E-state index in [4.69, 9.17) is 0 Å². The van der Waals surface area contributed by atoms with Gasteiger partial charge in [0.15, 0.2) is 0 Å².